The van der Waals surface area contributed by atoms with Crippen molar-refractivity contribution in [2.24, 2.45) is 0 Å². The summed E-state index contributed by atoms with van der Waals surface area (Å²) < 4.78 is 0. The third-order valence-electron chi connectivity index (χ3n) is 4.40. The van der Waals surface area contributed by atoms with Crippen LogP contribution in [0.3, 0.4) is 0 Å². The zero-order chi connectivity index (χ0) is 16.1. The fourth-order valence-electron chi connectivity index (χ4n) is 2.62. The number of aromatic nitrogens is 1. The van der Waals surface area contributed by atoms with Crippen molar-refractivity contribution in [3.8, 4) is 0 Å². The molecule has 1 saturated heterocycles. The van der Waals surface area contributed by atoms with Crippen molar-refractivity contribution < 1.29 is 4.79 Å². The van der Waals surface area contributed by atoms with Gasteiger partial charge in [-0.2, -0.15) is 0 Å². The summed E-state index contributed by atoms with van der Waals surface area (Å²) in [6.45, 7) is 10.9. The molecule has 0 saturated carbocycles. The molecule has 2 heterocycles. The normalized spacial score (nSPS) is 18.4. The Hall–Kier alpha value is -0.980. The number of thiazole rings is 1. The van der Waals surface area contributed by atoms with E-state index < -0.39 is 0 Å². The van der Waals surface area contributed by atoms with E-state index in [-0.39, 0.29) is 11.9 Å². The molecule has 0 unspecified atom stereocenters. The molecule has 1 aliphatic heterocycles. The minimum atomic E-state index is -0.0296. The van der Waals surface area contributed by atoms with Gasteiger partial charge in [-0.05, 0) is 34.2 Å². The Labute approximate surface area is 137 Å². The number of likely N-dealkylation sites (N-methyl/N-ethyl adjacent to an activating group) is 1. The molecule has 5 nitrogen and oxygen atoms in total. The SMILES string of the molecule is Cc1nc(CCCNC(=O)[C@@H](C)N2CCN(C)CC2)sc1C. The lowest BCUT2D eigenvalue weighted by atomic mass is 10.2. The number of rotatable bonds is 6. The Balaban J connectivity index is 1.66. The number of nitrogens with zero attached hydrogens (tertiary/aromatic N) is 3. The lowest BCUT2D eigenvalue weighted by Gasteiger charge is -2.35. The molecule has 0 bridgehead atoms. The zero-order valence-corrected chi connectivity index (χ0v) is 15.0. The number of amides is 1. The molecule has 1 aromatic rings. The number of piperazine rings is 1. The van der Waals surface area contributed by atoms with Gasteiger partial charge in [-0.15, -0.1) is 11.3 Å². The first-order valence-corrected chi connectivity index (χ1v) is 8.92. The second kappa shape index (κ2) is 8.04. The number of hydrogen-bond acceptors (Lipinski definition) is 5. The summed E-state index contributed by atoms with van der Waals surface area (Å²) in [4.78, 5) is 22.6. The highest BCUT2D eigenvalue weighted by molar-refractivity contribution is 7.11. The second-order valence-corrected chi connectivity index (χ2v) is 7.45. The van der Waals surface area contributed by atoms with Crippen molar-refractivity contribution in [3.63, 3.8) is 0 Å². The van der Waals surface area contributed by atoms with Gasteiger partial charge in [-0.1, -0.05) is 0 Å². The van der Waals surface area contributed by atoms with Gasteiger partial charge in [0.05, 0.1) is 16.7 Å². The van der Waals surface area contributed by atoms with E-state index in [2.05, 4.69) is 41.0 Å². The third-order valence-corrected chi connectivity index (χ3v) is 5.54. The maximum Gasteiger partial charge on any atom is 0.237 e. The van der Waals surface area contributed by atoms with Crippen LogP contribution in [-0.4, -0.2) is 66.5 Å². The Kier molecular flexibility index (Phi) is 6.35. The van der Waals surface area contributed by atoms with E-state index in [1.165, 1.54) is 9.88 Å². The summed E-state index contributed by atoms with van der Waals surface area (Å²) >= 11 is 1.77. The summed E-state index contributed by atoms with van der Waals surface area (Å²) in [7, 11) is 2.13. The van der Waals surface area contributed by atoms with Gasteiger partial charge >= 0.3 is 0 Å². The molecule has 1 amide bonds. The highest BCUT2D eigenvalue weighted by Gasteiger charge is 2.23. The number of carbonyl (C=O) groups is 1. The summed E-state index contributed by atoms with van der Waals surface area (Å²) in [6.07, 6.45) is 1.90. The van der Waals surface area contributed by atoms with Gasteiger partial charge in [0.15, 0.2) is 0 Å². The quantitative estimate of drug-likeness (QED) is 0.805. The fourth-order valence-corrected chi connectivity index (χ4v) is 3.60. The van der Waals surface area contributed by atoms with Gasteiger partial charge < -0.3 is 10.2 Å². The lowest BCUT2D eigenvalue weighted by molar-refractivity contribution is -0.126. The van der Waals surface area contributed by atoms with Crippen LogP contribution in [0, 0.1) is 13.8 Å². The molecule has 1 aliphatic rings. The van der Waals surface area contributed by atoms with Gasteiger partial charge in [0, 0.05) is 44.0 Å². The molecule has 1 fully saturated rings. The van der Waals surface area contributed by atoms with Gasteiger partial charge in [-0.3, -0.25) is 9.69 Å². The van der Waals surface area contributed by atoms with Crippen LogP contribution in [0.2, 0.25) is 0 Å². The Morgan fingerprint density at radius 2 is 2.00 bits per heavy atom. The van der Waals surface area contributed by atoms with E-state index in [1.807, 2.05) is 6.92 Å². The topological polar surface area (TPSA) is 48.5 Å². The van der Waals surface area contributed by atoms with E-state index in [0.717, 1.165) is 51.3 Å². The molecule has 0 aromatic carbocycles. The minimum absolute atomic E-state index is 0.0296. The molecule has 0 spiro atoms. The van der Waals surface area contributed by atoms with E-state index in [4.69, 9.17) is 0 Å². The van der Waals surface area contributed by atoms with Crippen molar-refractivity contribution in [1.29, 1.82) is 0 Å². The van der Waals surface area contributed by atoms with E-state index in [0.29, 0.717) is 0 Å². The van der Waals surface area contributed by atoms with Crippen LogP contribution in [0.5, 0.6) is 0 Å². The maximum absolute atomic E-state index is 12.2. The van der Waals surface area contributed by atoms with Crippen molar-refractivity contribution in [3.05, 3.63) is 15.6 Å². The third kappa shape index (κ3) is 4.76. The van der Waals surface area contributed by atoms with Crippen LogP contribution in [-0.2, 0) is 11.2 Å². The molecule has 1 aromatic heterocycles. The second-order valence-electron chi connectivity index (χ2n) is 6.16. The maximum atomic E-state index is 12.2. The molecule has 22 heavy (non-hydrogen) atoms. The van der Waals surface area contributed by atoms with E-state index in [1.54, 1.807) is 11.3 Å². The summed E-state index contributed by atoms with van der Waals surface area (Å²) in [5, 5.41) is 4.24. The van der Waals surface area contributed by atoms with Crippen LogP contribution in [0.15, 0.2) is 0 Å². The fraction of sp³-hybridized carbons (Fsp3) is 0.750. The minimum Gasteiger partial charge on any atom is -0.355 e. The summed E-state index contributed by atoms with van der Waals surface area (Å²) in [6, 6.07) is -0.0296. The standard InChI is InChI=1S/C16H28N4OS/c1-12-14(3)22-15(18-12)6-5-7-17-16(21)13(2)20-10-8-19(4)9-11-20/h13H,5-11H2,1-4H3,(H,17,21)/t13-/m1/s1. The smallest absolute Gasteiger partial charge is 0.237 e. The highest BCUT2D eigenvalue weighted by atomic mass is 32.1. The predicted octanol–water partition coefficient (Wildman–Crippen LogP) is 1.44. The van der Waals surface area contributed by atoms with Crippen LogP contribution in [0.25, 0.3) is 0 Å². The van der Waals surface area contributed by atoms with Gasteiger partial charge in [-0.25, -0.2) is 4.98 Å². The highest BCUT2D eigenvalue weighted by Crippen LogP contribution is 2.17. The summed E-state index contributed by atoms with van der Waals surface area (Å²) in [5.41, 5.74) is 1.13. The van der Waals surface area contributed by atoms with Crippen molar-refractivity contribution in [1.82, 2.24) is 20.1 Å². The number of aryl methyl sites for hydroxylation is 3. The molecule has 6 heteroatoms. The number of nitrogens with one attached hydrogen (secondary N) is 1. The first kappa shape index (κ1) is 17.4. The average Bonchev–Trinajstić information content (AvgIpc) is 2.82. The van der Waals surface area contributed by atoms with Crippen LogP contribution in [0.4, 0.5) is 0 Å². The molecular formula is C16H28N4OS. The Morgan fingerprint density at radius 3 is 2.59 bits per heavy atom. The zero-order valence-electron chi connectivity index (χ0n) is 14.2. The van der Waals surface area contributed by atoms with Gasteiger partial charge in [0.2, 0.25) is 5.91 Å². The first-order valence-electron chi connectivity index (χ1n) is 8.10. The number of hydrogen-bond donors (Lipinski definition) is 1. The molecule has 2 rings (SSSR count). The monoisotopic (exact) mass is 324 g/mol. The largest absolute Gasteiger partial charge is 0.355 e. The molecule has 1 N–H and O–H groups in total. The Bertz CT molecular complexity index is 475. The Morgan fingerprint density at radius 1 is 1.32 bits per heavy atom. The molecule has 0 radical (unpaired) electrons. The number of carbonyl (C=O) groups excluding carboxylic acids is 1. The molecule has 1 atom stereocenters. The predicted molar refractivity (Wildman–Crippen MR) is 91.5 cm³/mol. The lowest BCUT2D eigenvalue weighted by Crippen LogP contribution is -2.53. The van der Waals surface area contributed by atoms with E-state index >= 15 is 0 Å². The van der Waals surface area contributed by atoms with Crippen molar-refractivity contribution in [2.75, 3.05) is 39.8 Å². The average molecular weight is 324 g/mol. The first-order chi connectivity index (χ1) is 10.5. The van der Waals surface area contributed by atoms with E-state index in [9.17, 15) is 4.79 Å². The van der Waals surface area contributed by atoms with Gasteiger partial charge in [0.1, 0.15) is 0 Å². The molecular weight excluding hydrogens is 296 g/mol. The van der Waals surface area contributed by atoms with Crippen molar-refractivity contribution in [2.45, 2.75) is 39.7 Å². The van der Waals surface area contributed by atoms with Crippen LogP contribution >= 0.6 is 11.3 Å². The van der Waals surface area contributed by atoms with Crippen LogP contribution < -0.4 is 5.32 Å². The summed E-state index contributed by atoms with van der Waals surface area (Å²) in [5.74, 6) is 0.149. The van der Waals surface area contributed by atoms with Gasteiger partial charge in [0.25, 0.3) is 0 Å². The van der Waals surface area contributed by atoms with Crippen molar-refractivity contribution >= 4 is 17.2 Å². The molecule has 0 aliphatic carbocycles. The molecule has 124 valence electrons. The van der Waals surface area contributed by atoms with Crippen LogP contribution in [0.1, 0.15) is 28.9 Å².